The van der Waals surface area contributed by atoms with Gasteiger partial charge in [-0.2, -0.15) is 0 Å². The van der Waals surface area contributed by atoms with Crippen molar-refractivity contribution in [1.29, 1.82) is 0 Å². The smallest absolute Gasteiger partial charge is 0.192 e. The first-order valence-electron chi connectivity index (χ1n) is 10.1. The molecule has 0 aliphatic heterocycles. The van der Waals surface area contributed by atoms with Crippen LogP contribution in [0.1, 0.15) is 36.0 Å². The van der Waals surface area contributed by atoms with E-state index in [0.717, 1.165) is 45.0 Å². The minimum absolute atomic E-state index is 0.142. The summed E-state index contributed by atoms with van der Waals surface area (Å²) in [5, 5.41) is 18.8. The molecule has 0 radical (unpaired) electrons. The van der Waals surface area contributed by atoms with Gasteiger partial charge in [-0.05, 0) is 62.6 Å². The van der Waals surface area contributed by atoms with Crippen molar-refractivity contribution in [3.05, 3.63) is 53.2 Å². The molecule has 31 heavy (non-hydrogen) atoms. The maximum Gasteiger partial charge on any atom is 0.192 e. The summed E-state index contributed by atoms with van der Waals surface area (Å²) < 4.78 is 8.97. The number of aromatic nitrogens is 5. The van der Waals surface area contributed by atoms with Gasteiger partial charge in [-0.25, -0.2) is 14.5 Å². The van der Waals surface area contributed by atoms with Gasteiger partial charge in [0.05, 0.1) is 18.2 Å². The van der Waals surface area contributed by atoms with E-state index in [1.807, 2.05) is 31.2 Å². The summed E-state index contributed by atoms with van der Waals surface area (Å²) in [4.78, 5) is 14.8. The number of aliphatic hydroxyl groups is 1. The zero-order chi connectivity index (χ0) is 22.0. The molecule has 0 fully saturated rings. The molecular weight excluding hydrogens is 396 g/mol. The van der Waals surface area contributed by atoms with Crippen molar-refractivity contribution < 1.29 is 14.7 Å². The molecule has 0 bridgehead atoms. The maximum absolute atomic E-state index is 9.20. The largest absolute Gasteiger partial charge is 0.497 e. The van der Waals surface area contributed by atoms with Gasteiger partial charge in [-0.3, -0.25) is 0 Å². The Balaban J connectivity index is 1.57. The van der Waals surface area contributed by atoms with E-state index >= 15 is 0 Å². The van der Waals surface area contributed by atoms with Crippen molar-refractivity contribution in [2.75, 3.05) is 13.7 Å². The molecule has 0 aliphatic carbocycles. The number of rotatable bonds is 8. The third kappa shape index (κ3) is 3.96. The van der Waals surface area contributed by atoms with Crippen molar-refractivity contribution in [2.24, 2.45) is 5.16 Å². The monoisotopic (exact) mass is 422 g/mol. The summed E-state index contributed by atoms with van der Waals surface area (Å²) in [6, 6.07) is 7.62. The number of methoxy groups -OCH3 is 1. The molecule has 0 saturated heterocycles. The van der Waals surface area contributed by atoms with Crippen LogP contribution in [0, 0.1) is 13.8 Å². The predicted octanol–water partition coefficient (Wildman–Crippen LogP) is 3.03. The molecule has 4 rings (SSSR count). The molecule has 0 spiro atoms. The van der Waals surface area contributed by atoms with E-state index in [1.165, 1.54) is 0 Å². The highest BCUT2D eigenvalue weighted by Crippen LogP contribution is 2.27. The van der Waals surface area contributed by atoms with Gasteiger partial charge in [0.15, 0.2) is 18.1 Å². The van der Waals surface area contributed by atoms with E-state index < -0.39 is 0 Å². The quantitative estimate of drug-likeness (QED) is 0.346. The summed E-state index contributed by atoms with van der Waals surface area (Å²) in [6.45, 7) is 7.00. The van der Waals surface area contributed by atoms with Gasteiger partial charge >= 0.3 is 0 Å². The second kappa shape index (κ2) is 8.73. The Morgan fingerprint density at radius 1 is 1.16 bits per heavy atom. The molecular formula is C22H26N6O3. The van der Waals surface area contributed by atoms with Crippen LogP contribution in [0.3, 0.4) is 0 Å². The number of benzene rings is 1. The molecule has 9 nitrogen and oxygen atoms in total. The summed E-state index contributed by atoms with van der Waals surface area (Å²) in [6.07, 6.45) is 2.34. The number of hydrogen-bond acceptors (Lipinski definition) is 7. The van der Waals surface area contributed by atoms with Crippen LogP contribution >= 0.6 is 0 Å². The minimum Gasteiger partial charge on any atom is -0.497 e. The number of oxime groups is 1. The highest BCUT2D eigenvalue weighted by atomic mass is 16.6. The van der Waals surface area contributed by atoms with Crippen molar-refractivity contribution in [1.82, 2.24) is 24.1 Å². The number of nitrogens with zero attached hydrogens (tertiary/aromatic N) is 6. The third-order valence-electron chi connectivity index (χ3n) is 5.43. The molecule has 3 aromatic heterocycles. The zero-order valence-electron chi connectivity index (χ0n) is 18.2. The molecule has 4 aromatic rings. The van der Waals surface area contributed by atoms with Crippen molar-refractivity contribution in [2.45, 2.75) is 40.3 Å². The lowest BCUT2D eigenvalue weighted by molar-refractivity contribution is 0.125. The summed E-state index contributed by atoms with van der Waals surface area (Å²) in [5.74, 6) is 1.32. The average molecular weight is 422 g/mol. The van der Waals surface area contributed by atoms with E-state index in [1.54, 1.807) is 18.0 Å². The molecule has 0 amide bonds. The average Bonchev–Trinajstić information content (AvgIpc) is 3.31. The van der Waals surface area contributed by atoms with Crippen LogP contribution in [-0.4, -0.2) is 48.7 Å². The van der Waals surface area contributed by atoms with E-state index in [0.29, 0.717) is 18.8 Å². The molecule has 3 heterocycles. The van der Waals surface area contributed by atoms with Gasteiger partial charge in [0.1, 0.15) is 17.7 Å². The highest BCUT2D eigenvalue weighted by molar-refractivity contribution is 5.98. The Hall–Kier alpha value is -3.46. The Kier molecular flexibility index (Phi) is 5.85. The zero-order valence-corrected chi connectivity index (χ0v) is 18.2. The fraction of sp³-hybridized carbons (Fsp3) is 0.364. The fourth-order valence-electron chi connectivity index (χ4n) is 3.61. The van der Waals surface area contributed by atoms with Crippen molar-refractivity contribution in [3.8, 4) is 5.75 Å². The normalized spacial score (nSPS) is 12.1. The Morgan fingerprint density at radius 2 is 1.94 bits per heavy atom. The number of aliphatic hydroxyl groups excluding tert-OH is 1. The molecule has 162 valence electrons. The molecule has 0 atom stereocenters. The lowest BCUT2D eigenvalue weighted by Crippen LogP contribution is -2.03. The number of fused-ring (bicyclic) bond motifs is 3. The highest BCUT2D eigenvalue weighted by Gasteiger charge is 2.17. The predicted molar refractivity (Wildman–Crippen MR) is 117 cm³/mol. The van der Waals surface area contributed by atoms with Crippen LogP contribution in [0.5, 0.6) is 5.75 Å². The van der Waals surface area contributed by atoms with Crippen LogP contribution in [0.25, 0.3) is 16.7 Å². The van der Waals surface area contributed by atoms with Gasteiger partial charge in [0, 0.05) is 18.8 Å². The summed E-state index contributed by atoms with van der Waals surface area (Å²) >= 11 is 0. The Labute approximate surface area is 179 Å². The molecule has 0 saturated carbocycles. The first-order valence-corrected chi connectivity index (χ1v) is 10.1. The maximum atomic E-state index is 9.20. The van der Waals surface area contributed by atoms with Crippen LogP contribution in [0.2, 0.25) is 0 Å². The number of aryl methyl sites for hydroxylation is 2. The second-order valence-electron chi connectivity index (χ2n) is 7.36. The van der Waals surface area contributed by atoms with E-state index in [-0.39, 0.29) is 13.2 Å². The lowest BCUT2D eigenvalue weighted by atomic mass is 10.1. The fourth-order valence-corrected chi connectivity index (χ4v) is 3.61. The van der Waals surface area contributed by atoms with Gasteiger partial charge in [-0.1, -0.05) is 5.16 Å². The molecule has 1 aromatic carbocycles. The molecule has 0 aliphatic rings. The molecule has 0 unspecified atom stereocenters. The summed E-state index contributed by atoms with van der Waals surface area (Å²) in [5.41, 5.74) is 5.52. The molecule has 9 heteroatoms. The Morgan fingerprint density at radius 3 is 2.65 bits per heavy atom. The van der Waals surface area contributed by atoms with Crippen molar-refractivity contribution in [3.63, 3.8) is 0 Å². The topological polar surface area (TPSA) is 99.1 Å². The third-order valence-corrected chi connectivity index (χ3v) is 5.43. The van der Waals surface area contributed by atoms with Crippen LogP contribution in [-0.2, 0) is 18.0 Å². The number of hydrogen-bond donors (Lipinski definition) is 1. The SMILES string of the molecule is COc1ccc(C(C)=NOCc2nc3c4c(C)c(C)n(CCCO)c4ncn3n2)cc1. The molecule has 1 N–H and O–H groups in total. The van der Waals surface area contributed by atoms with Crippen LogP contribution in [0.4, 0.5) is 0 Å². The summed E-state index contributed by atoms with van der Waals surface area (Å²) in [7, 11) is 1.64. The standard InChI is InChI=1S/C22H26N6O3/c1-14-16(3)27(10-5-11-29)21-20(14)22-24-19(25-28(22)13-23-21)12-31-26-15(2)17-6-8-18(30-4)9-7-17/h6-9,13,29H,5,10-12H2,1-4H3. The van der Waals surface area contributed by atoms with Gasteiger partial charge < -0.3 is 19.2 Å². The van der Waals surface area contributed by atoms with Gasteiger partial charge in [0.2, 0.25) is 0 Å². The van der Waals surface area contributed by atoms with E-state index in [9.17, 15) is 5.11 Å². The van der Waals surface area contributed by atoms with E-state index in [2.05, 4.69) is 38.6 Å². The second-order valence-corrected chi connectivity index (χ2v) is 7.36. The van der Waals surface area contributed by atoms with Gasteiger partial charge in [-0.15, -0.1) is 5.10 Å². The Bertz CT molecular complexity index is 1240. The number of ether oxygens (including phenoxy) is 1. The first-order chi connectivity index (χ1) is 15.0. The van der Waals surface area contributed by atoms with E-state index in [4.69, 9.17) is 9.57 Å². The van der Waals surface area contributed by atoms with Crippen LogP contribution < -0.4 is 4.74 Å². The minimum atomic E-state index is 0.142. The first kappa shape index (κ1) is 20.8. The lowest BCUT2D eigenvalue weighted by Gasteiger charge is -2.05. The van der Waals surface area contributed by atoms with Crippen LogP contribution in [0.15, 0.2) is 35.7 Å². The van der Waals surface area contributed by atoms with Crippen molar-refractivity contribution >= 4 is 22.4 Å². The van der Waals surface area contributed by atoms with Gasteiger partial charge in [0.25, 0.3) is 0 Å².